The van der Waals surface area contributed by atoms with Crippen LogP contribution in [0, 0.1) is 0 Å². The number of piperidine rings is 1. The van der Waals surface area contributed by atoms with Crippen LogP contribution in [-0.2, 0) is 30.3 Å². The molecule has 2 aliphatic heterocycles. The molecule has 1 aromatic carbocycles. The summed E-state index contributed by atoms with van der Waals surface area (Å²) in [5, 5.41) is 6.43. The highest BCUT2D eigenvalue weighted by Gasteiger charge is 2.39. The number of anilines is 1. The molecule has 0 spiro atoms. The van der Waals surface area contributed by atoms with Crippen molar-refractivity contribution in [2.24, 2.45) is 0 Å². The van der Waals surface area contributed by atoms with Crippen molar-refractivity contribution in [3.63, 3.8) is 0 Å². The Labute approximate surface area is 194 Å². The van der Waals surface area contributed by atoms with Gasteiger partial charge in [0.1, 0.15) is 5.60 Å². The molecule has 180 valence electrons. The van der Waals surface area contributed by atoms with Gasteiger partial charge in [-0.05, 0) is 51.3 Å². The van der Waals surface area contributed by atoms with Gasteiger partial charge in [0, 0.05) is 51.4 Å². The van der Waals surface area contributed by atoms with Gasteiger partial charge in [0.05, 0.1) is 0 Å². The molecule has 2 heterocycles. The first-order chi connectivity index (χ1) is 15.4. The van der Waals surface area contributed by atoms with Crippen molar-refractivity contribution in [1.82, 2.24) is 10.2 Å². The molecule has 0 aliphatic carbocycles. The van der Waals surface area contributed by atoms with E-state index in [0.29, 0.717) is 25.3 Å². The number of hydrogen-bond acceptors (Lipinski definition) is 8. The van der Waals surface area contributed by atoms with Gasteiger partial charge >= 0.3 is 18.0 Å². The van der Waals surface area contributed by atoms with E-state index in [1.165, 1.54) is 20.0 Å². The molecule has 9 heteroatoms. The van der Waals surface area contributed by atoms with Gasteiger partial charge in [-0.25, -0.2) is 14.4 Å². The molecule has 0 aromatic heterocycles. The number of rotatable bonds is 5. The fraction of sp³-hybridized carbons (Fsp3) is 0.542. The predicted molar refractivity (Wildman–Crippen MR) is 122 cm³/mol. The summed E-state index contributed by atoms with van der Waals surface area (Å²) in [5.41, 5.74) is 1.09. The van der Waals surface area contributed by atoms with Crippen molar-refractivity contribution in [3.05, 3.63) is 41.6 Å². The number of carbonyl (C=O) groups excluding carboxylic acids is 3. The summed E-state index contributed by atoms with van der Waals surface area (Å²) in [5.74, 6) is -2.71. The summed E-state index contributed by atoms with van der Waals surface area (Å²) in [6.45, 7) is 10.6. The molecule has 1 unspecified atom stereocenters. The topological polar surface area (TPSA) is 106 Å². The number of amides is 1. The van der Waals surface area contributed by atoms with E-state index < -0.39 is 23.3 Å². The average Bonchev–Trinajstić information content (AvgIpc) is 2.70. The summed E-state index contributed by atoms with van der Waals surface area (Å²) in [7, 11) is 0. The molecule has 1 aromatic rings. The van der Waals surface area contributed by atoms with Crippen LogP contribution in [0.4, 0.5) is 10.5 Å². The minimum atomic E-state index is -1.26. The molecule has 2 N–H and O–H groups in total. The van der Waals surface area contributed by atoms with E-state index >= 15 is 0 Å². The Morgan fingerprint density at radius 1 is 1.18 bits per heavy atom. The number of cyclic esters (lactones) is 2. The molecule has 2 fully saturated rings. The van der Waals surface area contributed by atoms with Crippen molar-refractivity contribution in [3.8, 4) is 0 Å². The Morgan fingerprint density at radius 2 is 1.82 bits per heavy atom. The highest BCUT2D eigenvalue weighted by atomic mass is 16.7. The van der Waals surface area contributed by atoms with Crippen molar-refractivity contribution < 1.29 is 28.6 Å². The lowest BCUT2D eigenvalue weighted by Crippen LogP contribution is -2.49. The maximum atomic E-state index is 12.3. The zero-order chi connectivity index (χ0) is 24.2. The van der Waals surface area contributed by atoms with Gasteiger partial charge in [0.2, 0.25) is 0 Å². The summed E-state index contributed by atoms with van der Waals surface area (Å²) < 4.78 is 15.6. The maximum absolute atomic E-state index is 12.3. The van der Waals surface area contributed by atoms with Gasteiger partial charge in [0.25, 0.3) is 5.79 Å². The lowest BCUT2D eigenvalue weighted by Gasteiger charge is -2.34. The molecule has 0 radical (unpaired) electrons. The average molecular weight is 460 g/mol. The Kier molecular flexibility index (Phi) is 7.31. The number of likely N-dealkylation sites (tertiary alicyclic amines) is 1. The highest BCUT2D eigenvalue weighted by Crippen LogP contribution is 2.23. The summed E-state index contributed by atoms with van der Waals surface area (Å²) >= 11 is 0. The number of benzene rings is 1. The molecule has 0 bridgehead atoms. The zero-order valence-corrected chi connectivity index (χ0v) is 19.9. The first kappa shape index (κ1) is 24.6. The first-order valence-corrected chi connectivity index (χ1v) is 11.2. The fourth-order valence-electron chi connectivity index (χ4n) is 3.55. The van der Waals surface area contributed by atoms with E-state index in [1.807, 2.05) is 45.0 Å². The number of nitrogens with zero attached hydrogens (tertiary/aromatic N) is 1. The van der Waals surface area contributed by atoms with E-state index in [0.717, 1.165) is 18.4 Å². The second-order valence-electron chi connectivity index (χ2n) is 9.72. The first-order valence-electron chi connectivity index (χ1n) is 11.2. The van der Waals surface area contributed by atoms with E-state index in [-0.39, 0.29) is 17.7 Å². The third-order valence-corrected chi connectivity index (χ3v) is 5.12. The molecule has 33 heavy (non-hydrogen) atoms. The number of carbonyl (C=O) groups is 3. The lowest BCUT2D eigenvalue weighted by molar-refractivity contribution is -0.222. The Balaban J connectivity index is 1.49. The van der Waals surface area contributed by atoms with Crippen LogP contribution in [0.15, 0.2) is 36.0 Å². The van der Waals surface area contributed by atoms with Crippen molar-refractivity contribution in [1.29, 1.82) is 0 Å². The van der Waals surface area contributed by atoms with Gasteiger partial charge in [0.15, 0.2) is 5.57 Å². The number of hydrogen-bond donors (Lipinski definition) is 2. The van der Waals surface area contributed by atoms with E-state index in [9.17, 15) is 14.4 Å². The second kappa shape index (κ2) is 9.82. The summed E-state index contributed by atoms with van der Waals surface area (Å²) in [6.07, 6.45) is 2.94. The quantitative estimate of drug-likeness (QED) is 0.392. The Bertz CT molecular complexity index is 895. The van der Waals surface area contributed by atoms with Crippen LogP contribution in [-0.4, -0.2) is 53.5 Å². The number of esters is 2. The lowest BCUT2D eigenvalue weighted by atomic mass is 10.1. The number of ether oxygens (including phenoxy) is 3. The van der Waals surface area contributed by atoms with Gasteiger partial charge in [-0.2, -0.15) is 0 Å². The molecule has 3 rings (SSSR count). The minimum Gasteiger partial charge on any atom is -0.444 e. The van der Waals surface area contributed by atoms with Crippen molar-refractivity contribution >= 4 is 23.7 Å². The van der Waals surface area contributed by atoms with Crippen LogP contribution in [0.3, 0.4) is 0 Å². The van der Waals surface area contributed by atoms with Crippen LogP contribution in [0.5, 0.6) is 0 Å². The maximum Gasteiger partial charge on any atom is 0.410 e. The summed E-state index contributed by atoms with van der Waals surface area (Å²) in [6, 6.07) is 7.80. The molecule has 1 amide bonds. The third-order valence-electron chi connectivity index (χ3n) is 5.12. The smallest absolute Gasteiger partial charge is 0.410 e. The monoisotopic (exact) mass is 459 g/mol. The largest absolute Gasteiger partial charge is 0.444 e. The Morgan fingerprint density at radius 3 is 2.42 bits per heavy atom. The van der Waals surface area contributed by atoms with Gasteiger partial charge in [-0.1, -0.05) is 12.1 Å². The van der Waals surface area contributed by atoms with Gasteiger partial charge in [-0.15, -0.1) is 0 Å². The highest BCUT2D eigenvalue weighted by molar-refractivity contribution is 6.15. The SMILES string of the molecule is CC(C)(C)OC(=O)N1CCCC(NCc2ccc(NC=C3C(=O)OC(C)(C)OC3=O)cc2)C1. The van der Waals surface area contributed by atoms with Crippen LogP contribution in [0.1, 0.15) is 53.0 Å². The molecular formula is C24H33N3O6. The fourth-order valence-corrected chi connectivity index (χ4v) is 3.55. The van der Waals surface area contributed by atoms with Crippen LogP contribution in [0.2, 0.25) is 0 Å². The molecular weight excluding hydrogens is 426 g/mol. The van der Waals surface area contributed by atoms with Crippen molar-refractivity contribution in [2.75, 3.05) is 18.4 Å². The molecule has 9 nitrogen and oxygen atoms in total. The normalized spacial score (nSPS) is 20.6. The van der Waals surface area contributed by atoms with Crippen LogP contribution >= 0.6 is 0 Å². The Hall–Kier alpha value is -3.07. The van der Waals surface area contributed by atoms with Gasteiger partial charge in [-0.3, -0.25) is 0 Å². The second-order valence-corrected chi connectivity index (χ2v) is 9.72. The van der Waals surface area contributed by atoms with Crippen LogP contribution in [0.25, 0.3) is 0 Å². The van der Waals surface area contributed by atoms with Gasteiger partial charge < -0.3 is 29.7 Å². The molecule has 2 saturated heterocycles. The van der Waals surface area contributed by atoms with Crippen molar-refractivity contribution in [2.45, 2.75) is 71.4 Å². The molecule has 2 aliphatic rings. The standard InChI is InChI=1S/C24H33N3O6/c1-23(2,3)33-22(30)27-12-6-7-18(15-27)25-13-16-8-10-17(11-9-16)26-14-19-20(28)31-24(4,5)32-21(19)29/h8-11,14,18,25-26H,6-7,12-13,15H2,1-5H3. The van der Waals surface area contributed by atoms with E-state index in [4.69, 9.17) is 14.2 Å². The molecule has 1 atom stereocenters. The predicted octanol–water partition coefficient (Wildman–Crippen LogP) is 3.31. The third kappa shape index (κ3) is 7.21. The minimum absolute atomic E-state index is 0.188. The van der Waals surface area contributed by atoms with E-state index in [2.05, 4.69) is 10.6 Å². The zero-order valence-electron chi connectivity index (χ0n) is 19.9. The van der Waals surface area contributed by atoms with Crippen LogP contribution < -0.4 is 10.6 Å². The molecule has 0 saturated carbocycles. The summed E-state index contributed by atoms with van der Waals surface area (Å²) in [4.78, 5) is 38.1. The number of nitrogens with one attached hydrogen (secondary N) is 2. The van der Waals surface area contributed by atoms with E-state index in [1.54, 1.807) is 4.90 Å².